The molecule has 1 heterocycles. The Hall–Kier alpha value is -3.47. The third-order valence-corrected chi connectivity index (χ3v) is 5.03. The minimum Gasteiger partial charge on any atom is -0.493 e. The van der Waals surface area contributed by atoms with E-state index in [0.29, 0.717) is 17.1 Å². The summed E-state index contributed by atoms with van der Waals surface area (Å²) in [4.78, 5) is 15.3. The maximum Gasteiger partial charge on any atom is 0.262 e. The summed E-state index contributed by atoms with van der Waals surface area (Å²) in [6.07, 6.45) is -0.437. The molecular weight excluding hydrogens is 352 g/mol. The largest absolute Gasteiger partial charge is 0.493 e. The molecule has 0 spiro atoms. The van der Waals surface area contributed by atoms with Crippen LogP contribution in [0.4, 0.5) is 11.4 Å². The normalized spacial score (nSPS) is 15.6. The Labute approximate surface area is 164 Å². The van der Waals surface area contributed by atoms with Crippen LogP contribution in [0.15, 0.2) is 66.7 Å². The van der Waals surface area contributed by atoms with Crippen LogP contribution < -0.4 is 19.7 Å². The van der Waals surface area contributed by atoms with Gasteiger partial charge in [-0.25, -0.2) is 0 Å². The lowest BCUT2D eigenvalue weighted by Gasteiger charge is -2.39. The molecule has 0 unspecified atom stereocenters. The highest BCUT2D eigenvalue weighted by Crippen LogP contribution is 2.43. The van der Waals surface area contributed by atoms with Gasteiger partial charge in [-0.15, -0.1) is 0 Å². The van der Waals surface area contributed by atoms with Gasteiger partial charge in [-0.2, -0.15) is 0 Å². The number of benzene rings is 3. The molecule has 0 bridgehead atoms. The molecule has 1 N–H and O–H groups in total. The quantitative estimate of drug-likeness (QED) is 0.714. The molecule has 0 radical (unpaired) electrons. The number of carbonyl (C=O) groups excluding carboxylic acids is 1. The number of para-hydroxylation sites is 3. The standard InChI is InChI=1S/C23H22N2O3/c1-15-9-4-7-13-19(15)25-22(17-11-8-14-20(27-2)21(17)28-3)24-18-12-6-5-10-16(18)23(25)26/h4-14,22,24H,1-3H3/t22-/m0/s1. The summed E-state index contributed by atoms with van der Waals surface area (Å²) in [6.45, 7) is 2.00. The Morgan fingerprint density at radius 3 is 2.39 bits per heavy atom. The summed E-state index contributed by atoms with van der Waals surface area (Å²) in [5.74, 6) is 1.17. The fourth-order valence-electron chi connectivity index (χ4n) is 3.68. The molecule has 1 aliphatic heterocycles. The van der Waals surface area contributed by atoms with E-state index in [-0.39, 0.29) is 5.91 Å². The zero-order valence-electron chi connectivity index (χ0n) is 16.1. The van der Waals surface area contributed by atoms with E-state index in [1.54, 1.807) is 19.1 Å². The molecule has 3 aromatic rings. The molecule has 0 aromatic heterocycles. The summed E-state index contributed by atoms with van der Waals surface area (Å²) >= 11 is 0. The first-order valence-corrected chi connectivity index (χ1v) is 9.11. The lowest BCUT2D eigenvalue weighted by molar-refractivity contribution is 0.0974. The number of carbonyl (C=O) groups is 1. The van der Waals surface area contributed by atoms with Gasteiger partial charge in [0.25, 0.3) is 5.91 Å². The molecule has 142 valence electrons. The number of fused-ring (bicyclic) bond motifs is 1. The molecule has 3 aromatic carbocycles. The SMILES string of the molecule is COc1cccc([C@H]2Nc3ccccc3C(=O)N2c2ccccc2C)c1OC. The molecule has 0 aliphatic carbocycles. The van der Waals surface area contributed by atoms with Crippen molar-refractivity contribution in [1.29, 1.82) is 0 Å². The van der Waals surface area contributed by atoms with Crippen LogP contribution in [0.3, 0.4) is 0 Å². The van der Waals surface area contributed by atoms with E-state index in [9.17, 15) is 4.79 Å². The Balaban J connectivity index is 1.94. The first kappa shape index (κ1) is 17.9. The van der Waals surface area contributed by atoms with E-state index in [1.807, 2.05) is 73.7 Å². The van der Waals surface area contributed by atoms with Gasteiger partial charge in [0, 0.05) is 16.9 Å². The number of nitrogens with zero attached hydrogens (tertiary/aromatic N) is 1. The first-order chi connectivity index (χ1) is 13.7. The molecule has 5 heteroatoms. The zero-order chi connectivity index (χ0) is 19.7. The van der Waals surface area contributed by atoms with Gasteiger partial charge in [0.2, 0.25) is 0 Å². The number of hydrogen-bond donors (Lipinski definition) is 1. The number of nitrogens with one attached hydrogen (secondary N) is 1. The van der Waals surface area contributed by atoms with Crippen molar-refractivity contribution in [3.05, 3.63) is 83.4 Å². The van der Waals surface area contributed by atoms with Gasteiger partial charge in [-0.3, -0.25) is 9.69 Å². The minimum atomic E-state index is -0.437. The molecule has 1 atom stereocenters. The van der Waals surface area contributed by atoms with E-state index in [2.05, 4.69) is 5.32 Å². The summed E-state index contributed by atoms with van der Waals surface area (Å²) in [5.41, 5.74) is 4.14. The molecule has 5 nitrogen and oxygen atoms in total. The second-order valence-electron chi connectivity index (χ2n) is 6.64. The highest BCUT2D eigenvalue weighted by atomic mass is 16.5. The van der Waals surface area contributed by atoms with Crippen molar-refractivity contribution in [2.75, 3.05) is 24.4 Å². The van der Waals surface area contributed by atoms with Crippen LogP contribution in [0.5, 0.6) is 11.5 Å². The predicted octanol–water partition coefficient (Wildman–Crippen LogP) is 4.78. The summed E-state index contributed by atoms with van der Waals surface area (Å²) in [5, 5.41) is 3.52. The summed E-state index contributed by atoms with van der Waals surface area (Å²) < 4.78 is 11.1. The van der Waals surface area contributed by atoms with E-state index in [4.69, 9.17) is 9.47 Å². The topological polar surface area (TPSA) is 50.8 Å². The van der Waals surface area contributed by atoms with Crippen LogP contribution in [-0.2, 0) is 0 Å². The zero-order valence-corrected chi connectivity index (χ0v) is 16.1. The average molecular weight is 374 g/mol. The van der Waals surface area contributed by atoms with E-state index < -0.39 is 6.17 Å². The molecule has 1 amide bonds. The van der Waals surface area contributed by atoms with Crippen LogP contribution in [-0.4, -0.2) is 20.1 Å². The second kappa shape index (κ2) is 7.27. The van der Waals surface area contributed by atoms with Crippen LogP contribution in [0, 0.1) is 6.92 Å². The summed E-state index contributed by atoms with van der Waals surface area (Å²) in [7, 11) is 3.22. The van der Waals surface area contributed by atoms with Crippen molar-refractivity contribution in [3.63, 3.8) is 0 Å². The maximum absolute atomic E-state index is 13.5. The van der Waals surface area contributed by atoms with Crippen molar-refractivity contribution >= 4 is 17.3 Å². The number of rotatable bonds is 4. The third kappa shape index (κ3) is 2.85. The van der Waals surface area contributed by atoms with Gasteiger partial charge < -0.3 is 14.8 Å². The van der Waals surface area contributed by atoms with Crippen molar-refractivity contribution < 1.29 is 14.3 Å². The van der Waals surface area contributed by atoms with E-state index >= 15 is 0 Å². The predicted molar refractivity (Wildman–Crippen MR) is 110 cm³/mol. The fourth-order valence-corrected chi connectivity index (χ4v) is 3.68. The average Bonchev–Trinajstić information content (AvgIpc) is 2.73. The van der Waals surface area contributed by atoms with Crippen LogP contribution in [0.2, 0.25) is 0 Å². The molecule has 0 saturated heterocycles. The third-order valence-electron chi connectivity index (χ3n) is 5.03. The van der Waals surface area contributed by atoms with Gasteiger partial charge in [0.05, 0.1) is 19.8 Å². The molecule has 4 rings (SSSR count). The Morgan fingerprint density at radius 1 is 0.893 bits per heavy atom. The van der Waals surface area contributed by atoms with Crippen LogP contribution in [0.25, 0.3) is 0 Å². The van der Waals surface area contributed by atoms with Crippen LogP contribution >= 0.6 is 0 Å². The Bertz CT molecular complexity index is 1030. The minimum absolute atomic E-state index is 0.0569. The van der Waals surface area contributed by atoms with Gasteiger partial charge in [-0.1, -0.05) is 42.5 Å². The fraction of sp³-hybridized carbons (Fsp3) is 0.174. The van der Waals surface area contributed by atoms with Crippen molar-refractivity contribution in [2.24, 2.45) is 0 Å². The molecule has 28 heavy (non-hydrogen) atoms. The monoisotopic (exact) mass is 374 g/mol. The number of amides is 1. The molecular formula is C23H22N2O3. The lowest BCUT2D eigenvalue weighted by Crippen LogP contribution is -2.43. The molecule has 0 saturated carbocycles. The van der Waals surface area contributed by atoms with Crippen LogP contribution in [0.1, 0.15) is 27.7 Å². The van der Waals surface area contributed by atoms with E-state index in [1.165, 1.54) is 0 Å². The highest BCUT2D eigenvalue weighted by Gasteiger charge is 2.36. The van der Waals surface area contributed by atoms with E-state index in [0.717, 1.165) is 22.5 Å². The lowest BCUT2D eigenvalue weighted by atomic mass is 10.0. The van der Waals surface area contributed by atoms with Gasteiger partial charge in [0.15, 0.2) is 11.5 Å². The molecule has 0 fully saturated rings. The Morgan fingerprint density at radius 2 is 1.64 bits per heavy atom. The number of anilines is 2. The maximum atomic E-state index is 13.5. The molecule has 1 aliphatic rings. The smallest absolute Gasteiger partial charge is 0.262 e. The van der Waals surface area contributed by atoms with Gasteiger partial charge in [0.1, 0.15) is 6.17 Å². The van der Waals surface area contributed by atoms with Gasteiger partial charge >= 0.3 is 0 Å². The Kier molecular flexibility index (Phi) is 4.65. The number of ether oxygens (including phenoxy) is 2. The van der Waals surface area contributed by atoms with Crippen molar-refractivity contribution in [3.8, 4) is 11.5 Å². The summed E-state index contributed by atoms with van der Waals surface area (Å²) in [6, 6.07) is 21.1. The van der Waals surface area contributed by atoms with Crippen molar-refractivity contribution in [2.45, 2.75) is 13.1 Å². The first-order valence-electron chi connectivity index (χ1n) is 9.11. The van der Waals surface area contributed by atoms with Gasteiger partial charge in [-0.05, 0) is 36.8 Å². The number of methoxy groups -OCH3 is 2. The number of hydrogen-bond acceptors (Lipinski definition) is 4. The number of aryl methyl sites for hydroxylation is 1. The highest BCUT2D eigenvalue weighted by molar-refractivity contribution is 6.12. The second-order valence-corrected chi connectivity index (χ2v) is 6.64. The van der Waals surface area contributed by atoms with Crippen molar-refractivity contribution in [1.82, 2.24) is 0 Å².